The fraction of sp³-hybridized carbons (Fsp3) is 0.350. The van der Waals surface area contributed by atoms with Crippen molar-refractivity contribution in [3.63, 3.8) is 0 Å². The molecule has 0 aliphatic carbocycles. The van der Waals surface area contributed by atoms with Gasteiger partial charge in [0.15, 0.2) is 0 Å². The maximum Gasteiger partial charge on any atom is 0.253 e. The van der Waals surface area contributed by atoms with Crippen LogP contribution in [-0.2, 0) is 10.0 Å². The standard InChI is InChI=1S/C20H23ClN2O3S/c1-2-19(15-8-4-3-5-9-15)22-20(24)17-14-16(10-11-18(17)21)27(25,26)23-12-6-7-13-23/h3-5,8-11,14,19H,2,6-7,12-13H2,1H3,(H,22,24)/t19-/m1/s1. The van der Waals surface area contributed by atoms with Gasteiger partial charge in [0.1, 0.15) is 0 Å². The van der Waals surface area contributed by atoms with Crippen molar-refractivity contribution in [1.82, 2.24) is 9.62 Å². The van der Waals surface area contributed by atoms with Gasteiger partial charge < -0.3 is 5.32 Å². The van der Waals surface area contributed by atoms with Gasteiger partial charge in [-0.1, -0.05) is 48.9 Å². The largest absolute Gasteiger partial charge is 0.345 e. The highest BCUT2D eigenvalue weighted by atomic mass is 35.5. The number of amides is 1. The number of nitrogens with one attached hydrogen (secondary N) is 1. The Morgan fingerprint density at radius 2 is 1.81 bits per heavy atom. The van der Waals surface area contributed by atoms with Crippen molar-refractivity contribution >= 4 is 27.5 Å². The van der Waals surface area contributed by atoms with Crippen molar-refractivity contribution in [2.75, 3.05) is 13.1 Å². The molecule has 1 aliphatic rings. The number of carbonyl (C=O) groups excluding carboxylic acids is 1. The highest BCUT2D eigenvalue weighted by molar-refractivity contribution is 7.89. The molecule has 1 N–H and O–H groups in total. The number of carbonyl (C=O) groups is 1. The summed E-state index contributed by atoms with van der Waals surface area (Å²) in [6.07, 6.45) is 2.42. The molecule has 5 nitrogen and oxygen atoms in total. The topological polar surface area (TPSA) is 66.5 Å². The van der Waals surface area contributed by atoms with E-state index in [9.17, 15) is 13.2 Å². The van der Waals surface area contributed by atoms with E-state index < -0.39 is 10.0 Å². The van der Waals surface area contributed by atoms with Crippen LogP contribution < -0.4 is 5.32 Å². The molecule has 1 heterocycles. The first kappa shape index (κ1) is 19.9. The normalized spacial score (nSPS) is 16.2. The highest BCUT2D eigenvalue weighted by Gasteiger charge is 2.28. The van der Waals surface area contributed by atoms with Crippen LogP contribution in [0.1, 0.15) is 48.1 Å². The van der Waals surface area contributed by atoms with Crippen LogP contribution in [0.25, 0.3) is 0 Å². The predicted octanol–water partition coefficient (Wildman–Crippen LogP) is 4.01. The van der Waals surface area contributed by atoms with E-state index in [1.807, 2.05) is 37.3 Å². The Morgan fingerprint density at radius 3 is 2.44 bits per heavy atom. The van der Waals surface area contributed by atoms with Crippen molar-refractivity contribution in [3.05, 3.63) is 64.7 Å². The van der Waals surface area contributed by atoms with E-state index >= 15 is 0 Å². The Labute approximate surface area is 165 Å². The number of nitrogens with zero attached hydrogens (tertiary/aromatic N) is 1. The third-order valence-corrected chi connectivity index (χ3v) is 7.02. The molecule has 1 amide bonds. The van der Waals surface area contributed by atoms with E-state index in [2.05, 4.69) is 5.32 Å². The average molecular weight is 407 g/mol. The third kappa shape index (κ3) is 4.34. The van der Waals surface area contributed by atoms with Crippen LogP contribution in [0.15, 0.2) is 53.4 Å². The average Bonchev–Trinajstić information content (AvgIpc) is 3.22. The van der Waals surface area contributed by atoms with Crippen LogP contribution in [0.4, 0.5) is 0 Å². The molecule has 2 aromatic rings. The molecule has 0 aromatic heterocycles. The molecule has 1 saturated heterocycles. The zero-order valence-electron chi connectivity index (χ0n) is 15.2. The van der Waals surface area contributed by atoms with E-state index in [4.69, 9.17) is 11.6 Å². The summed E-state index contributed by atoms with van der Waals surface area (Å²) < 4.78 is 27.0. The Morgan fingerprint density at radius 1 is 1.15 bits per heavy atom. The van der Waals surface area contributed by atoms with E-state index in [0.29, 0.717) is 19.5 Å². The van der Waals surface area contributed by atoms with Gasteiger partial charge in [-0.05, 0) is 43.0 Å². The second kappa shape index (κ2) is 8.42. The maximum atomic E-state index is 12.8. The third-order valence-electron chi connectivity index (χ3n) is 4.80. The molecule has 2 aromatic carbocycles. The SMILES string of the molecule is CC[C@@H](NC(=O)c1cc(S(=O)(=O)N2CCCC2)ccc1Cl)c1ccccc1. The molecule has 1 aliphatic heterocycles. The number of benzene rings is 2. The Balaban J connectivity index is 1.86. The maximum absolute atomic E-state index is 12.8. The summed E-state index contributed by atoms with van der Waals surface area (Å²) in [7, 11) is -3.60. The van der Waals surface area contributed by atoms with Crippen LogP contribution in [0.3, 0.4) is 0 Å². The molecule has 1 fully saturated rings. The Bertz CT molecular complexity index is 910. The summed E-state index contributed by atoms with van der Waals surface area (Å²) in [4.78, 5) is 12.9. The molecule has 27 heavy (non-hydrogen) atoms. The van der Waals surface area contributed by atoms with Crippen molar-refractivity contribution < 1.29 is 13.2 Å². The monoisotopic (exact) mass is 406 g/mol. The van der Waals surface area contributed by atoms with Gasteiger partial charge in [0.25, 0.3) is 5.91 Å². The molecule has 0 radical (unpaired) electrons. The predicted molar refractivity (Wildman–Crippen MR) is 106 cm³/mol. The van der Waals surface area contributed by atoms with Crippen LogP contribution in [0.2, 0.25) is 5.02 Å². The summed E-state index contributed by atoms with van der Waals surface area (Å²) in [6.45, 7) is 3.00. The number of halogens is 1. The first-order chi connectivity index (χ1) is 12.9. The Kier molecular flexibility index (Phi) is 6.19. The molecule has 0 bridgehead atoms. The number of hydrogen-bond acceptors (Lipinski definition) is 3. The quantitative estimate of drug-likeness (QED) is 0.788. The minimum Gasteiger partial charge on any atom is -0.345 e. The van der Waals surface area contributed by atoms with Gasteiger partial charge in [0.05, 0.1) is 21.5 Å². The van der Waals surface area contributed by atoms with Gasteiger partial charge in [-0.15, -0.1) is 0 Å². The summed E-state index contributed by atoms with van der Waals surface area (Å²) >= 11 is 6.20. The summed E-state index contributed by atoms with van der Waals surface area (Å²) in [5.41, 5.74) is 1.16. The van der Waals surface area contributed by atoms with E-state index in [-0.39, 0.29) is 27.4 Å². The molecule has 7 heteroatoms. The number of rotatable bonds is 6. The highest BCUT2D eigenvalue weighted by Crippen LogP contribution is 2.26. The van der Waals surface area contributed by atoms with Crippen molar-refractivity contribution in [2.45, 2.75) is 37.1 Å². The second-order valence-electron chi connectivity index (χ2n) is 6.60. The van der Waals surface area contributed by atoms with Gasteiger partial charge in [-0.3, -0.25) is 4.79 Å². The van der Waals surface area contributed by atoms with Crippen LogP contribution >= 0.6 is 11.6 Å². The molecule has 144 valence electrons. The van der Waals surface area contributed by atoms with E-state index in [1.54, 1.807) is 0 Å². The smallest absolute Gasteiger partial charge is 0.253 e. The van der Waals surface area contributed by atoms with Crippen LogP contribution in [-0.4, -0.2) is 31.7 Å². The van der Waals surface area contributed by atoms with Crippen molar-refractivity contribution in [1.29, 1.82) is 0 Å². The first-order valence-corrected chi connectivity index (χ1v) is 10.9. The number of hydrogen-bond donors (Lipinski definition) is 1. The van der Waals surface area contributed by atoms with E-state index in [1.165, 1.54) is 22.5 Å². The Hall–Kier alpha value is -1.89. The summed E-state index contributed by atoms with van der Waals surface area (Å²) in [5.74, 6) is -0.380. The zero-order valence-corrected chi connectivity index (χ0v) is 16.8. The van der Waals surface area contributed by atoms with Crippen LogP contribution in [0.5, 0.6) is 0 Å². The first-order valence-electron chi connectivity index (χ1n) is 9.09. The molecule has 0 saturated carbocycles. The van der Waals surface area contributed by atoms with Gasteiger partial charge in [0.2, 0.25) is 10.0 Å². The molecule has 3 rings (SSSR count). The summed E-state index contributed by atoms with van der Waals surface area (Å²) in [6, 6.07) is 13.8. The molecule has 0 spiro atoms. The molecule has 1 atom stereocenters. The minimum absolute atomic E-state index is 0.103. The van der Waals surface area contributed by atoms with Crippen LogP contribution in [0, 0.1) is 0 Å². The van der Waals surface area contributed by atoms with Crippen molar-refractivity contribution in [2.24, 2.45) is 0 Å². The van der Waals surface area contributed by atoms with Gasteiger partial charge in [-0.2, -0.15) is 4.31 Å². The lowest BCUT2D eigenvalue weighted by molar-refractivity contribution is 0.0935. The second-order valence-corrected chi connectivity index (χ2v) is 8.94. The van der Waals surface area contributed by atoms with E-state index in [0.717, 1.165) is 18.4 Å². The van der Waals surface area contributed by atoms with Gasteiger partial charge >= 0.3 is 0 Å². The lowest BCUT2D eigenvalue weighted by Gasteiger charge is -2.19. The minimum atomic E-state index is -3.60. The number of sulfonamides is 1. The van der Waals surface area contributed by atoms with Crippen molar-refractivity contribution in [3.8, 4) is 0 Å². The molecular formula is C20H23ClN2O3S. The zero-order chi connectivity index (χ0) is 19.4. The lowest BCUT2D eigenvalue weighted by Crippen LogP contribution is -2.30. The lowest BCUT2D eigenvalue weighted by atomic mass is 10.0. The van der Waals surface area contributed by atoms with Gasteiger partial charge in [-0.25, -0.2) is 8.42 Å². The fourth-order valence-electron chi connectivity index (χ4n) is 3.26. The van der Waals surface area contributed by atoms with Gasteiger partial charge in [0, 0.05) is 13.1 Å². The fourth-order valence-corrected chi connectivity index (χ4v) is 5.01. The molecular weight excluding hydrogens is 384 g/mol. The molecule has 0 unspecified atom stereocenters. The summed E-state index contributed by atoms with van der Waals surface area (Å²) in [5, 5.41) is 3.19.